The summed E-state index contributed by atoms with van der Waals surface area (Å²) in [7, 11) is 0. The fourth-order valence-corrected chi connectivity index (χ4v) is 3.79. The summed E-state index contributed by atoms with van der Waals surface area (Å²) in [5, 5.41) is 12.3. The maximum Gasteiger partial charge on any atom is 0.120 e. The number of benzene rings is 1. The van der Waals surface area contributed by atoms with Gasteiger partial charge in [-0.25, -0.2) is 0 Å². The van der Waals surface area contributed by atoms with Crippen LogP contribution in [0.3, 0.4) is 0 Å². The normalized spacial score (nSPS) is 12.4. The van der Waals surface area contributed by atoms with Gasteiger partial charge >= 0.3 is 0 Å². The van der Waals surface area contributed by atoms with E-state index >= 15 is 0 Å². The minimum absolute atomic E-state index is 0.630. The van der Waals surface area contributed by atoms with Crippen LogP contribution in [0.1, 0.15) is 23.5 Å². The van der Waals surface area contributed by atoms with Gasteiger partial charge in [-0.1, -0.05) is 22.0 Å². The van der Waals surface area contributed by atoms with Crippen LogP contribution >= 0.6 is 43.2 Å². The molecule has 0 aliphatic rings. The van der Waals surface area contributed by atoms with Gasteiger partial charge in [0.25, 0.3) is 0 Å². The largest absolute Gasteiger partial charge is 0.494 e. The lowest BCUT2D eigenvalue weighted by atomic mass is 10.1. The number of hydrogen-bond donors (Lipinski definition) is 1. The minimum Gasteiger partial charge on any atom is -0.494 e. The molecule has 0 bridgehead atoms. The number of ether oxygens (including phenoxy) is 1. The molecule has 2 rings (SSSR count). The highest BCUT2D eigenvalue weighted by Crippen LogP contribution is 2.37. The van der Waals surface area contributed by atoms with Gasteiger partial charge in [0.1, 0.15) is 11.9 Å². The molecule has 0 aliphatic carbocycles. The lowest BCUT2D eigenvalue weighted by Gasteiger charge is -2.13. The van der Waals surface area contributed by atoms with Crippen molar-refractivity contribution in [1.29, 1.82) is 0 Å². The van der Waals surface area contributed by atoms with Gasteiger partial charge in [0.2, 0.25) is 0 Å². The van der Waals surface area contributed by atoms with Crippen molar-refractivity contribution < 1.29 is 9.84 Å². The first-order chi connectivity index (χ1) is 8.63. The summed E-state index contributed by atoms with van der Waals surface area (Å²) in [5.74, 6) is 0.797. The third-order valence-electron chi connectivity index (χ3n) is 2.47. The van der Waals surface area contributed by atoms with E-state index in [1.165, 1.54) is 11.3 Å². The van der Waals surface area contributed by atoms with E-state index in [1.807, 2.05) is 36.6 Å². The van der Waals surface area contributed by atoms with Gasteiger partial charge in [0, 0.05) is 14.5 Å². The fraction of sp³-hybridized carbons (Fsp3) is 0.231. The fourth-order valence-electron chi connectivity index (χ4n) is 1.63. The molecule has 2 nitrogen and oxygen atoms in total. The monoisotopic (exact) mass is 390 g/mol. The maximum absolute atomic E-state index is 10.4. The predicted molar refractivity (Wildman–Crippen MR) is 81.4 cm³/mol. The highest BCUT2D eigenvalue weighted by molar-refractivity contribution is 9.10. The zero-order valence-corrected chi connectivity index (χ0v) is 13.7. The highest BCUT2D eigenvalue weighted by atomic mass is 79.9. The molecule has 0 spiro atoms. The maximum atomic E-state index is 10.4. The first-order valence-electron chi connectivity index (χ1n) is 5.46. The summed E-state index contributed by atoms with van der Waals surface area (Å²) in [6.45, 7) is 2.57. The number of hydrogen-bond acceptors (Lipinski definition) is 3. The molecule has 0 fully saturated rings. The molecular formula is C13H12Br2O2S. The Hall–Kier alpha value is -0.360. The minimum atomic E-state index is -0.635. The van der Waals surface area contributed by atoms with E-state index < -0.39 is 6.10 Å². The first kappa shape index (κ1) is 14.1. The van der Waals surface area contributed by atoms with Crippen molar-refractivity contribution in [3.63, 3.8) is 0 Å². The number of thiophene rings is 1. The van der Waals surface area contributed by atoms with Gasteiger partial charge in [0.15, 0.2) is 0 Å². The zero-order valence-electron chi connectivity index (χ0n) is 9.69. The Labute approximate surface area is 127 Å². The van der Waals surface area contributed by atoms with Crippen LogP contribution in [-0.4, -0.2) is 11.7 Å². The highest BCUT2D eigenvalue weighted by Gasteiger charge is 2.18. The topological polar surface area (TPSA) is 29.5 Å². The van der Waals surface area contributed by atoms with E-state index in [9.17, 15) is 5.11 Å². The molecule has 1 atom stereocenters. The summed E-state index contributed by atoms with van der Waals surface area (Å²) < 4.78 is 7.20. The number of halogens is 2. The molecule has 96 valence electrons. The SMILES string of the molecule is CCOc1ccc(C(O)c2sccc2Br)c(Br)c1. The number of aliphatic hydroxyl groups excluding tert-OH is 1. The molecule has 1 heterocycles. The van der Waals surface area contributed by atoms with Gasteiger partial charge in [-0.05, 0) is 46.4 Å². The van der Waals surface area contributed by atoms with Crippen LogP contribution in [0.5, 0.6) is 5.75 Å². The van der Waals surface area contributed by atoms with E-state index in [2.05, 4.69) is 31.9 Å². The molecule has 0 amide bonds. The Morgan fingerprint density at radius 1 is 1.28 bits per heavy atom. The Morgan fingerprint density at radius 3 is 2.61 bits per heavy atom. The van der Waals surface area contributed by atoms with E-state index in [1.54, 1.807) is 0 Å². The number of rotatable bonds is 4. The van der Waals surface area contributed by atoms with Crippen LogP contribution in [0.2, 0.25) is 0 Å². The average Bonchev–Trinajstić information content (AvgIpc) is 2.75. The lowest BCUT2D eigenvalue weighted by Crippen LogP contribution is -2.00. The quantitative estimate of drug-likeness (QED) is 0.814. The Bertz CT molecular complexity index is 540. The van der Waals surface area contributed by atoms with E-state index in [0.29, 0.717) is 6.61 Å². The molecule has 1 aromatic heterocycles. The Morgan fingerprint density at radius 2 is 2.06 bits per heavy atom. The van der Waals surface area contributed by atoms with Crippen LogP contribution < -0.4 is 4.74 Å². The first-order valence-corrected chi connectivity index (χ1v) is 7.93. The molecule has 2 aromatic rings. The molecule has 1 aromatic carbocycles. The van der Waals surface area contributed by atoms with Gasteiger partial charge in [-0.2, -0.15) is 0 Å². The number of aliphatic hydroxyl groups is 1. The van der Waals surface area contributed by atoms with Crippen molar-refractivity contribution in [1.82, 2.24) is 0 Å². The van der Waals surface area contributed by atoms with Crippen LogP contribution in [0, 0.1) is 0 Å². The van der Waals surface area contributed by atoms with E-state index in [-0.39, 0.29) is 0 Å². The molecule has 0 saturated heterocycles. The molecular weight excluding hydrogens is 380 g/mol. The van der Waals surface area contributed by atoms with Gasteiger partial charge in [-0.15, -0.1) is 11.3 Å². The second kappa shape index (κ2) is 6.19. The summed E-state index contributed by atoms with van der Waals surface area (Å²) in [6, 6.07) is 7.56. The van der Waals surface area contributed by atoms with Crippen molar-refractivity contribution in [3.05, 3.63) is 49.0 Å². The second-order valence-electron chi connectivity index (χ2n) is 3.65. The summed E-state index contributed by atoms with van der Waals surface area (Å²) in [6.07, 6.45) is -0.635. The van der Waals surface area contributed by atoms with Crippen molar-refractivity contribution in [2.45, 2.75) is 13.0 Å². The van der Waals surface area contributed by atoms with Crippen LogP contribution in [0.25, 0.3) is 0 Å². The molecule has 0 aliphatic heterocycles. The molecule has 1 N–H and O–H groups in total. The predicted octanol–water partition coefficient (Wildman–Crippen LogP) is 4.75. The third-order valence-corrected chi connectivity index (χ3v) is 5.08. The van der Waals surface area contributed by atoms with Crippen LogP contribution in [0.15, 0.2) is 38.6 Å². The Kier molecular flexibility index (Phi) is 4.84. The van der Waals surface area contributed by atoms with Crippen molar-refractivity contribution in [3.8, 4) is 5.75 Å². The van der Waals surface area contributed by atoms with Crippen LogP contribution in [-0.2, 0) is 0 Å². The summed E-state index contributed by atoms with van der Waals surface area (Å²) in [5.41, 5.74) is 0.835. The molecule has 0 saturated carbocycles. The van der Waals surface area contributed by atoms with E-state index in [0.717, 1.165) is 25.1 Å². The third kappa shape index (κ3) is 2.96. The zero-order chi connectivity index (χ0) is 13.1. The second-order valence-corrected chi connectivity index (χ2v) is 6.31. The average molecular weight is 392 g/mol. The van der Waals surface area contributed by atoms with Crippen LogP contribution in [0.4, 0.5) is 0 Å². The standard InChI is InChI=1S/C13H12Br2O2S/c1-2-17-8-3-4-9(11(15)7-8)12(16)13-10(14)5-6-18-13/h3-7,12,16H,2H2,1H3. The summed E-state index contributed by atoms with van der Waals surface area (Å²) >= 11 is 8.44. The summed E-state index contributed by atoms with van der Waals surface area (Å²) in [4.78, 5) is 0.903. The van der Waals surface area contributed by atoms with Gasteiger partial charge in [0.05, 0.1) is 11.5 Å². The Balaban J connectivity index is 2.31. The lowest BCUT2D eigenvalue weighted by molar-refractivity contribution is 0.222. The van der Waals surface area contributed by atoms with Crippen molar-refractivity contribution >= 4 is 43.2 Å². The van der Waals surface area contributed by atoms with Crippen molar-refractivity contribution in [2.24, 2.45) is 0 Å². The van der Waals surface area contributed by atoms with Crippen molar-refractivity contribution in [2.75, 3.05) is 6.61 Å². The van der Waals surface area contributed by atoms with E-state index in [4.69, 9.17) is 4.74 Å². The molecule has 18 heavy (non-hydrogen) atoms. The molecule has 1 unspecified atom stereocenters. The van der Waals surface area contributed by atoms with Gasteiger partial charge in [-0.3, -0.25) is 0 Å². The molecule has 0 radical (unpaired) electrons. The van der Waals surface area contributed by atoms with Gasteiger partial charge < -0.3 is 9.84 Å². The smallest absolute Gasteiger partial charge is 0.120 e. The molecule has 5 heteroatoms.